The van der Waals surface area contributed by atoms with Crippen LogP contribution in [0.1, 0.15) is 18.9 Å². The zero-order valence-electron chi connectivity index (χ0n) is 17.8. The standard InChI is InChI=1S/C22H30N8/c1-3-23-22(30-12-9-18(15-30)13-17-7-5-4-6-8-17)25-11-10-24-20-19-14-28-29(2)21(19)27-16-26-20/h4-8,14,16,18H,3,9-13,15H2,1-2H3,(H,23,25)(H,24,26,27). The van der Waals surface area contributed by atoms with Crippen LogP contribution in [-0.4, -0.2) is 63.3 Å². The summed E-state index contributed by atoms with van der Waals surface area (Å²) >= 11 is 0. The smallest absolute Gasteiger partial charge is 0.193 e. The molecule has 1 aliphatic heterocycles. The van der Waals surface area contributed by atoms with E-state index < -0.39 is 0 Å². The van der Waals surface area contributed by atoms with E-state index in [0.717, 1.165) is 48.9 Å². The Labute approximate surface area is 177 Å². The summed E-state index contributed by atoms with van der Waals surface area (Å²) in [6.07, 6.45) is 5.70. The molecule has 1 fully saturated rings. The van der Waals surface area contributed by atoms with Crippen LogP contribution in [0, 0.1) is 5.92 Å². The first kappa shape index (κ1) is 20.1. The molecule has 0 bridgehead atoms. The van der Waals surface area contributed by atoms with Gasteiger partial charge in [-0.1, -0.05) is 30.3 Å². The lowest BCUT2D eigenvalue weighted by Gasteiger charge is -2.22. The minimum Gasteiger partial charge on any atom is -0.367 e. The number of hydrogen-bond donors (Lipinski definition) is 2. The van der Waals surface area contributed by atoms with Crippen LogP contribution in [0.25, 0.3) is 11.0 Å². The van der Waals surface area contributed by atoms with Gasteiger partial charge in [-0.25, -0.2) is 9.97 Å². The Hall–Kier alpha value is -3.16. The molecule has 1 unspecified atom stereocenters. The number of guanidine groups is 1. The Morgan fingerprint density at radius 2 is 2.10 bits per heavy atom. The van der Waals surface area contributed by atoms with Crippen LogP contribution < -0.4 is 10.6 Å². The maximum Gasteiger partial charge on any atom is 0.193 e. The summed E-state index contributed by atoms with van der Waals surface area (Å²) in [4.78, 5) is 15.9. The molecule has 1 aliphatic rings. The molecule has 1 saturated heterocycles. The maximum absolute atomic E-state index is 4.84. The third kappa shape index (κ3) is 4.69. The van der Waals surface area contributed by atoms with Gasteiger partial charge in [0.1, 0.15) is 12.1 Å². The van der Waals surface area contributed by atoms with Gasteiger partial charge in [0.25, 0.3) is 0 Å². The molecule has 8 heteroatoms. The van der Waals surface area contributed by atoms with Crippen molar-refractivity contribution in [1.82, 2.24) is 30.0 Å². The van der Waals surface area contributed by atoms with Crippen LogP contribution in [0.3, 0.4) is 0 Å². The first-order valence-electron chi connectivity index (χ1n) is 10.7. The highest BCUT2D eigenvalue weighted by molar-refractivity contribution is 5.86. The predicted octanol–water partition coefficient (Wildman–Crippen LogP) is 2.31. The third-order valence-electron chi connectivity index (χ3n) is 5.48. The largest absolute Gasteiger partial charge is 0.367 e. The van der Waals surface area contributed by atoms with Gasteiger partial charge in [0.05, 0.1) is 18.1 Å². The predicted molar refractivity (Wildman–Crippen MR) is 121 cm³/mol. The van der Waals surface area contributed by atoms with Gasteiger partial charge < -0.3 is 15.5 Å². The summed E-state index contributed by atoms with van der Waals surface area (Å²) in [6, 6.07) is 10.8. The van der Waals surface area contributed by atoms with Crippen molar-refractivity contribution in [2.45, 2.75) is 19.8 Å². The summed E-state index contributed by atoms with van der Waals surface area (Å²) in [7, 11) is 1.88. The Balaban J connectivity index is 1.32. The normalized spacial score (nSPS) is 16.9. The van der Waals surface area contributed by atoms with Crippen LogP contribution >= 0.6 is 0 Å². The van der Waals surface area contributed by atoms with Gasteiger partial charge in [-0.15, -0.1) is 0 Å². The number of aromatic nitrogens is 4. The van der Waals surface area contributed by atoms with Crippen LogP contribution in [0.4, 0.5) is 5.82 Å². The molecule has 0 spiro atoms. The second-order valence-electron chi connectivity index (χ2n) is 7.68. The molecular weight excluding hydrogens is 376 g/mol. The lowest BCUT2D eigenvalue weighted by Crippen LogP contribution is -2.40. The summed E-state index contributed by atoms with van der Waals surface area (Å²) in [5.74, 6) is 2.48. The van der Waals surface area contributed by atoms with E-state index in [1.807, 2.05) is 7.05 Å². The molecule has 158 valence electrons. The van der Waals surface area contributed by atoms with Gasteiger partial charge >= 0.3 is 0 Å². The number of likely N-dealkylation sites (tertiary alicyclic amines) is 1. The average molecular weight is 407 g/mol. The van der Waals surface area contributed by atoms with E-state index in [-0.39, 0.29) is 0 Å². The molecular formula is C22H30N8. The van der Waals surface area contributed by atoms with Crippen molar-refractivity contribution in [3.63, 3.8) is 0 Å². The number of anilines is 1. The molecule has 30 heavy (non-hydrogen) atoms. The number of rotatable bonds is 7. The monoisotopic (exact) mass is 406 g/mol. The van der Waals surface area contributed by atoms with Gasteiger partial charge in [-0.2, -0.15) is 5.10 Å². The topological polar surface area (TPSA) is 83.3 Å². The van der Waals surface area contributed by atoms with Crippen molar-refractivity contribution in [2.75, 3.05) is 38.0 Å². The van der Waals surface area contributed by atoms with Gasteiger partial charge in [0.15, 0.2) is 11.6 Å². The Morgan fingerprint density at radius 3 is 2.93 bits per heavy atom. The molecule has 2 aromatic heterocycles. The number of fused-ring (bicyclic) bond motifs is 1. The van der Waals surface area contributed by atoms with Crippen LogP contribution in [0.15, 0.2) is 47.8 Å². The molecule has 0 amide bonds. The fourth-order valence-corrected chi connectivity index (χ4v) is 4.00. The van der Waals surface area contributed by atoms with Crippen molar-refractivity contribution in [2.24, 2.45) is 18.0 Å². The second-order valence-corrected chi connectivity index (χ2v) is 7.68. The molecule has 8 nitrogen and oxygen atoms in total. The third-order valence-corrected chi connectivity index (χ3v) is 5.48. The number of benzene rings is 1. The van der Waals surface area contributed by atoms with Crippen LogP contribution in [0.5, 0.6) is 0 Å². The van der Waals surface area contributed by atoms with Crippen molar-refractivity contribution in [3.05, 3.63) is 48.4 Å². The highest BCUT2D eigenvalue weighted by atomic mass is 15.3. The molecule has 0 aliphatic carbocycles. The van der Waals surface area contributed by atoms with Gasteiger partial charge in [-0.05, 0) is 31.2 Å². The summed E-state index contributed by atoms with van der Waals surface area (Å²) in [6.45, 7) is 6.47. The highest BCUT2D eigenvalue weighted by Crippen LogP contribution is 2.21. The minimum atomic E-state index is 0.675. The molecule has 3 aromatic rings. The summed E-state index contributed by atoms with van der Waals surface area (Å²) < 4.78 is 1.75. The highest BCUT2D eigenvalue weighted by Gasteiger charge is 2.24. The first-order chi connectivity index (χ1) is 14.7. The molecule has 3 heterocycles. The Morgan fingerprint density at radius 1 is 1.23 bits per heavy atom. The SMILES string of the molecule is CCNC(=NCCNc1ncnc2c1cnn2C)N1CCC(Cc2ccccc2)C1. The zero-order valence-corrected chi connectivity index (χ0v) is 17.8. The van der Waals surface area contributed by atoms with Crippen molar-refractivity contribution >= 4 is 22.8 Å². The average Bonchev–Trinajstić information content (AvgIpc) is 3.38. The van der Waals surface area contributed by atoms with Crippen molar-refractivity contribution < 1.29 is 0 Å². The second kappa shape index (κ2) is 9.56. The molecule has 2 N–H and O–H groups in total. The molecule has 1 atom stereocenters. The lowest BCUT2D eigenvalue weighted by molar-refractivity contribution is 0.460. The number of hydrogen-bond acceptors (Lipinski definition) is 5. The van der Waals surface area contributed by atoms with Gasteiger partial charge in [0.2, 0.25) is 0 Å². The van der Waals surface area contributed by atoms with E-state index in [1.54, 1.807) is 17.2 Å². The molecule has 0 saturated carbocycles. The minimum absolute atomic E-state index is 0.675. The molecule has 4 rings (SSSR count). The van der Waals surface area contributed by atoms with Crippen LogP contribution in [-0.2, 0) is 13.5 Å². The first-order valence-corrected chi connectivity index (χ1v) is 10.7. The summed E-state index contributed by atoms with van der Waals surface area (Å²) in [5, 5.41) is 12.0. The molecule has 0 radical (unpaired) electrons. The van der Waals surface area contributed by atoms with E-state index in [1.165, 1.54) is 12.0 Å². The van der Waals surface area contributed by atoms with Gasteiger partial charge in [0, 0.05) is 33.2 Å². The Kier molecular flexibility index (Phi) is 6.41. The number of aliphatic imine (C=N–C) groups is 1. The molecule has 1 aromatic carbocycles. The van der Waals surface area contributed by atoms with Gasteiger partial charge in [-0.3, -0.25) is 9.67 Å². The van der Waals surface area contributed by atoms with E-state index in [2.05, 4.69) is 67.9 Å². The summed E-state index contributed by atoms with van der Waals surface area (Å²) in [5.41, 5.74) is 2.24. The van der Waals surface area contributed by atoms with E-state index in [4.69, 9.17) is 4.99 Å². The Bertz CT molecular complexity index is 981. The fourth-order valence-electron chi connectivity index (χ4n) is 4.00. The van der Waals surface area contributed by atoms with E-state index >= 15 is 0 Å². The van der Waals surface area contributed by atoms with Crippen LogP contribution in [0.2, 0.25) is 0 Å². The number of aryl methyl sites for hydroxylation is 1. The zero-order chi connectivity index (χ0) is 20.8. The number of nitrogens with one attached hydrogen (secondary N) is 2. The maximum atomic E-state index is 4.84. The van der Waals surface area contributed by atoms with E-state index in [0.29, 0.717) is 19.0 Å². The van der Waals surface area contributed by atoms with E-state index in [9.17, 15) is 0 Å². The van der Waals surface area contributed by atoms with Crippen molar-refractivity contribution in [3.8, 4) is 0 Å². The quantitative estimate of drug-likeness (QED) is 0.356. The lowest BCUT2D eigenvalue weighted by atomic mass is 9.99. The number of nitrogens with zero attached hydrogens (tertiary/aromatic N) is 6. The fraction of sp³-hybridized carbons (Fsp3) is 0.455. The van der Waals surface area contributed by atoms with Crippen molar-refractivity contribution in [1.29, 1.82) is 0 Å².